The Bertz CT molecular complexity index is 1560. The zero-order valence-corrected chi connectivity index (χ0v) is 27.7. The number of rotatable bonds is 12. The lowest BCUT2D eigenvalue weighted by Crippen LogP contribution is -2.54. The van der Waals surface area contributed by atoms with Crippen LogP contribution in [0.15, 0.2) is 71.6 Å². The van der Waals surface area contributed by atoms with Crippen LogP contribution < -0.4 is 14.4 Å². The van der Waals surface area contributed by atoms with Crippen LogP contribution in [0.2, 0.25) is 15.1 Å². The van der Waals surface area contributed by atoms with E-state index in [0.29, 0.717) is 32.8 Å². The van der Waals surface area contributed by atoms with Crippen molar-refractivity contribution in [2.45, 2.75) is 69.0 Å². The van der Waals surface area contributed by atoms with E-state index in [9.17, 15) is 18.0 Å². The lowest BCUT2D eigenvalue weighted by Gasteiger charge is -2.34. The van der Waals surface area contributed by atoms with Gasteiger partial charge in [-0.05, 0) is 79.4 Å². The highest BCUT2D eigenvalue weighted by Gasteiger charge is 2.35. The molecule has 1 saturated carbocycles. The Labute approximate surface area is 274 Å². The van der Waals surface area contributed by atoms with Gasteiger partial charge in [-0.3, -0.25) is 13.9 Å². The normalized spacial score (nSPS) is 14.5. The third-order valence-electron chi connectivity index (χ3n) is 7.72. The van der Waals surface area contributed by atoms with Crippen LogP contribution in [0.5, 0.6) is 5.75 Å². The smallest absolute Gasteiger partial charge is 0.264 e. The van der Waals surface area contributed by atoms with Crippen molar-refractivity contribution >= 4 is 62.3 Å². The first-order valence-electron chi connectivity index (χ1n) is 14.5. The highest BCUT2D eigenvalue weighted by Crippen LogP contribution is 2.29. The zero-order chi connectivity index (χ0) is 31.9. The van der Waals surface area contributed by atoms with Crippen LogP contribution in [-0.4, -0.2) is 50.9 Å². The number of carbonyl (C=O) groups is 2. The summed E-state index contributed by atoms with van der Waals surface area (Å²) in [6.45, 7) is 1.20. The van der Waals surface area contributed by atoms with Gasteiger partial charge in [0.2, 0.25) is 11.8 Å². The maximum Gasteiger partial charge on any atom is 0.264 e. The second-order valence-electron chi connectivity index (χ2n) is 10.7. The van der Waals surface area contributed by atoms with Gasteiger partial charge in [-0.15, -0.1) is 0 Å². The first-order valence-corrected chi connectivity index (χ1v) is 17.1. The van der Waals surface area contributed by atoms with Gasteiger partial charge in [0.1, 0.15) is 18.3 Å². The van der Waals surface area contributed by atoms with E-state index in [4.69, 9.17) is 39.5 Å². The van der Waals surface area contributed by atoms with Gasteiger partial charge in [-0.25, -0.2) is 8.42 Å². The number of sulfonamides is 1. The highest BCUT2D eigenvalue weighted by atomic mass is 35.5. The molecule has 0 spiro atoms. The van der Waals surface area contributed by atoms with Crippen LogP contribution >= 0.6 is 34.8 Å². The molecule has 12 heteroatoms. The maximum absolute atomic E-state index is 14.3. The van der Waals surface area contributed by atoms with E-state index in [1.54, 1.807) is 36.4 Å². The number of carbonyl (C=O) groups excluding carboxylic acids is 2. The minimum absolute atomic E-state index is 0.0276. The van der Waals surface area contributed by atoms with E-state index in [1.807, 2.05) is 6.92 Å². The first kappa shape index (κ1) is 33.9. The minimum Gasteiger partial charge on any atom is -0.497 e. The summed E-state index contributed by atoms with van der Waals surface area (Å²) in [5, 5.41) is 4.18. The van der Waals surface area contributed by atoms with E-state index in [2.05, 4.69) is 5.32 Å². The van der Waals surface area contributed by atoms with Gasteiger partial charge in [0.05, 0.1) is 17.7 Å². The van der Waals surface area contributed by atoms with Gasteiger partial charge in [-0.1, -0.05) is 73.1 Å². The minimum atomic E-state index is -4.26. The van der Waals surface area contributed by atoms with Crippen LogP contribution in [0.1, 0.15) is 51.0 Å². The van der Waals surface area contributed by atoms with E-state index < -0.39 is 28.5 Å². The summed E-state index contributed by atoms with van der Waals surface area (Å²) in [6.07, 6.45) is 5.25. The summed E-state index contributed by atoms with van der Waals surface area (Å²) in [7, 11) is -2.78. The summed E-state index contributed by atoms with van der Waals surface area (Å²) >= 11 is 18.9. The third-order valence-corrected chi connectivity index (χ3v) is 10.3. The van der Waals surface area contributed by atoms with Gasteiger partial charge in [0.15, 0.2) is 0 Å². The molecule has 3 aromatic carbocycles. The summed E-state index contributed by atoms with van der Waals surface area (Å²) < 4.78 is 34.3. The highest BCUT2D eigenvalue weighted by molar-refractivity contribution is 7.92. The standard InChI is InChI=1S/C32H36Cl3N3O5S/c1-3-30(32(40)36-25-9-5-4-6-10-25)37(20-22-12-13-24(34)19-29(22)35)31(39)21-38(26-11-7-8-23(33)18-26)44(41,42)28-16-14-27(43-2)15-17-28/h7-8,11-19,25,30H,3-6,9-10,20-21H2,1-2H3,(H,36,40)/t30-/m1/s1. The molecule has 1 aliphatic rings. The Hall–Kier alpha value is -2.98. The summed E-state index contributed by atoms with van der Waals surface area (Å²) in [5.74, 6) is -0.390. The van der Waals surface area contributed by atoms with Gasteiger partial charge in [0, 0.05) is 27.7 Å². The molecule has 0 aromatic heterocycles. The predicted octanol–water partition coefficient (Wildman–Crippen LogP) is 7.11. The average Bonchev–Trinajstić information content (AvgIpc) is 3.01. The lowest BCUT2D eigenvalue weighted by molar-refractivity contribution is -0.140. The van der Waals surface area contributed by atoms with E-state index in [0.717, 1.165) is 36.4 Å². The summed E-state index contributed by atoms with van der Waals surface area (Å²) in [4.78, 5) is 29.3. The van der Waals surface area contributed by atoms with Crippen molar-refractivity contribution in [1.29, 1.82) is 0 Å². The first-order chi connectivity index (χ1) is 21.0. The SMILES string of the molecule is CC[C@H](C(=O)NC1CCCCC1)N(Cc1ccc(Cl)cc1Cl)C(=O)CN(c1cccc(Cl)c1)S(=O)(=O)c1ccc(OC)cc1. The predicted molar refractivity (Wildman–Crippen MR) is 175 cm³/mol. The van der Waals surface area contributed by atoms with Gasteiger partial charge >= 0.3 is 0 Å². The van der Waals surface area contributed by atoms with Gasteiger partial charge < -0.3 is 15.0 Å². The molecular formula is C32H36Cl3N3O5S. The van der Waals surface area contributed by atoms with Crippen LogP contribution in [0.25, 0.3) is 0 Å². The average molecular weight is 681 g/mol. The molecule has 1 fully saturated rings. The number of hydrogen-bond acceptors (Lipinski definition) is 5. The van der Waals surface area contributed by atoms with Crippen molar-refractivity contribution in [3.8, 4) is 5.75 Å². The molecule has 0 heterocycles. The molecule has 236 valence electrons. The van der Waals surface area contributed by atoms with Crippen molar-refractivity contribution in [3.63, 3.8) is 0 Å². The molecule has 4 rings (SSSR count). The fraction of sp³-hybridized carbons (Fsp3) is 0.375. The Morgan fingerprint density at radius 3 is 2.25 bits per heavy atom. The Balaban J connectivity index is 1.73. The Morgan fingerprint density at radius 2 is 1.64 bits per heavy atom. The number of nitrogens with zero attached hydrogens (tertiary/aromatic N) is 2. The van der Waals surface area contributed by atoms with Crippen molar-refractivity contribution < 1.29 is 22.7 Å². The third kappa shape index (κ3) is 8.38. The second-order valence-corrected chi connectivity index (χ2v) is 13.8. The number of halogens is 3. The quantitative estimate of drug-likeness (QED) is 0.220. The summed E-state index contributed by atoms with van der Waals surface area (Å²) in [5.41, 5.74) is 0.770. The van der Waals surface area contributed by atoms with Gasteiger partial charge in [-0.2, -0.15) is 0 Å². The molecule has 0 radical (unpaired) electrons. The molecule has 1 atom stereocenters. The number of ether oxygens (including phenoxy) is 1. The lowest BCUT2D eigenvalue weighted by atomic mass is 9.95. The fourth-order valence-corrected chi connectivity index (χ4v) is 7.39. The maximum atomic E-state index is 14.3. The topological polar surface area (TPSA) is 96.0 Å². The number of hydrogen-bond donors (Lipinski definition) is 1. The number of nitrogens with one attached hydrogen (secondary N) is 1. The van der Waals surface area contributed by atoms with E-state index in [1.165, 1.54) is 42.3 Å². The largest absolute Gasteiger partial charge is 0.497 e. The molecule has 2 amide bonds. The number of methoxy groups -OCH3 is 1. The molecule has 0 bridgehead atoms. The molecule has 8 nitrogen and oxygen atoms in total. The molecule has 1 N–H and O–H groups in total. The van der Waals surface area contributed by atoms with E-state index >= 15 is 0 Å². The van der Waals surface area contributed by atoms with Crippen LogP contribution in [0.3, 0.4) is 0 Å². The molecule has 1 aliphatic carbocycles. The number of anilines is 1. The monoisotopic (exact) mass is 679 g/mol. The number of amides is 2. The molecule has 0 unspecified atom stereocenters. The zero-order valence-electron chi connectivity index (χ0n) is 24.6. The number of benzene rings is 3. The van der Waals surface area contributed by atoms with Crippen molar-refractivity contribution in [2.24, 2.45) is 0 Å². The van der Waals surface area contributed by atoms with Crippen LogP contribution in [-0.2, 0) is 26.2 Å². The molecular weight excluding hydrogens is 645 g/mol. The fourth-order valence-electron chi connectivity index (χ4n) is 5.33. The van der Waals surface area contributed by atoms with Crippen molar-refractivity contribution in [1.82, 2.24) is 10.2 Å². The summed E-state index contributed by atoms with van der Waals surface area (Å²) in [6, 6.07) is 16.2. The second kappa shape index (κ2) is 15.3. The molecule has 3 aromatic rings. The molecule has 44 heavy (non-hydrogen) atoms. The van der Waals surface area contributed by atoms with Gasteiger partial charge in [0.25, 0.3) is 10.0 Å². The van der Waals surface area contributed by atoms with E-state index in [-0.39, 0.29) is 29.1 Å². The molecule has 0 aliphatic heterocycles. The van der Waals surface area contributed by atoms with Crippen molar-refractivity contribution in [3.05, 3.63) is 87.4 Å². The van der Waals surface area contributed by atoms with Crippen LogP contribution in [0.4, 0.5) is 5.69 Å². The Morgan fingerprint density at radius 1 is 0.955 bits per heavy atom. The Kier molecular flexibility index (Phi) is 11.8. The van der Waals surface area contributed by atoms with Crippen LogP contribution in [0, 0.1) is 0 Å². The molecule has 0 saturated heterocycles. The van der Waals surface area contributed by atoms with Crippen molar-refractivity contribution in [2.75, 3.05) is 18.0 Å².